The van der Waals surface area contributed by atoms with Crippen LogP contribution in [0.1, 0.15) is 17.2 Å². The van der Waals surface area contributed by atoms with Crippen molar-refractivity contribution in [3.63, 3.8) is 0 Å². The molecule has 0 bridgehead atoms. The van der Waals surface area contributed by atoms with Gasteiger partial charge < -0.3 is 15.2 Å². The summed E-state index contributed by atoms with van der Waals surface area (Å²) in [5.74, 6) is 0.260. The van der Waals surface area contributed by atoms with Crippen LogP contribution >= 0.6 is 11.6 Å². The maximum absolute atomic E-state index is 13.3. The van der Waals surface area contributed by atoms with Gasteiger partial charge in [-0.25, -0.2) is 4.39 Å². The number of nitrogens with one attached hydrogen (secondary N) is 1. The second kappa shape index (κ2) is 7.41. The third kappa shape index (κ3) is 4.43. The van der Waals surface area contributed by atoms with Gasteiger partial charge in [-0.1, -0.05) is 29.8 Å². The smallest absolute Gasteiger partial charge is 0.142 e. The number of halogens is 2. The first-order valence-corrected chi connectivity index (χ1v) is 6.94. The molecule has 1 unspecified atom stereocenters. The van der Waals surface area contributed by atoms with Crippen molar-refractivity contribution in [2.45, 2.75) is 12.6 Å². The Morgan fingerprint density at radius 1 is 1.29 bits per heavy atom. The van der Waals surface area contributed by atoms with E-state index in [4.69, 9.17) is 16.3 Å². The maximum Gasteiger partial charge on any atom is 0.142 e. The summed E-state index contributed by atoms with van der Waals surface area (Å²) in [4.78, 5) is 0. The lowest BCUT2D eigenvalue weighted by Crippen LogP contribution is -2.21. The Morgan fingerprint density at radius 3 is 2.81 bits per heavy atom. The van der Waals surface area contributed by atoms with Crippen LogP contribution in [0.2, 0.25) is 5.02 Å². The zero-order chi connectivity index (χ0) is 15.2. The molecule has 3 nitrogen and oxygen atoms in total. The van der Waals surface area contributed by atoms with Gasteiger partial charge in [-0.2, -0.15) is 0 Å². The molecule has 0 radical (unpaired) electrons. The fourth-order valence-electron chi connectivity index (χ4n) is 1.97. The summed E-state index contributed by atoms with van der Waals surface area (Å²) < 4.78 is 18.5. The van der Waals surface area contributed by atoms with Crippen LogP contribution in [0.4, 0.5) is 4.39 Å². The van der Waals surface area contributed by atoms with E-state index in [-0.39, 0.29) is 5.02 Å². The topological polar surface area (TPSA) is 41.5 Å². The minimum Gasteiger partial charge on any atom is -0.497 e. The number of rotatable bonds is 6. The fourth-order valence-corrected chi connectivity index (χ4v) is 2.09. The molecule has 0 heterocycles. The quantitative estimate of drug-likeness (QED) is 0.860. The van der Waals surface area contributed by atoms with Crippen LogP contribution in [0, 0.1) is 5.82 Å². The Labute approximate surface area is 128 Å². The van der Waals surface area contributed by atoms with E-state index < -0.39 is 11.9 Å². The molecule has 2 aromatic carbocycles. The summed E-state index contributed by atoms with van der Waals surface area (Å²) in [5, 5.41) is 13.2. The first kappa shape index (κ1) is 15.8. The predicted molar refractivity (Wildman–Crippen MR) is 81.1 cm³/mol. The van der Waals surface area contributed by atoms with Crippen molar-refractivity contribution < 1.29 is 14.2 Å². The van der Waals surface area contributed by atoms with Gasteiger partial charge in [0.2, 0.25) is 0 Å². The van der Waals surface area contributed by atoms with E-state index in [1.807, 2.05) is 24.3 Å². The van der Waals surface area contributed by atoms with Crippen molar-refractivity contribution in [2.75, 3.05) is 13.7 Å². The molecule has 2 rings (SSSR count). The van der Waals surface area contributed by atoms with Gasteiger partial charge in [-0.05, 0) is 35.4 Å². The molecule has 2 aromatic rings. The summed E-state index contributed by atoms with van der Waals surface area (Å²) in [7, 11) is 1.62. The molecule has 0 saturated carbocycles. The number of aliphatic hydroxyl groups is 1. The summed E-state index contributed by atoms with van der Waals surface area (Å²) in [6, 6.07) is 12.0. The van der Waals surface area contributed by atoms with Crippen molar-refractivity contribution in [1.29, 1.82) is 0 Å². The highest BCUT2D eigenvalue weighted by molar-refractivity contribution is 6.30. The second-order valence-corrected chi connectivity index (χ2v) is 5.08. The predicted octanol–water partition coefficient (Wildman–Crippen LogP) is 3.31. The third-order valence-electron chi connectivity index (χ3n) is 3.13. The Morgan fingerprint density at radius 2 is 2.10 bits per heavy atom. The standard InChI is InChI=1S/C16H17ClFNO2/c1-21-13-4-2-3-11(7-13)9-19-10-16(20)12-5-6-14(17)15(18)8-12/h2-8,16,19-20H,9-10H2,1H3. The molecular formula is C16H17ClFNO2. The summed E-state index contributed by atoms with van der Waals surface area (Å²) in [5.41, 5.74) is 1.54. The van der Waals surface area contributed by atoms with Gasteiger partial charge in [0, 0.05) is 13.1 Å². The largest absolute Gasteiger partial charge is 0.497 e. The van der Waals surface area contributed by atoms with E-state index in [1.54, 1.807) is 13.2 Å². The lowest BCUT2D eigenvalue weighted by atomic mass is 10.1. The van der Waals surface area contributed by atoms with E-state index in [1.165, 1.54) is 12.1 Å². The highest BCUT2D eigenvalue weighted by atomic mass is 35.5. The summed E-state index contributed by atoms with van der Waals surface area (Å²) >= 11 is 5.61. The number of hydrogen-bond donors (Lipinski definition) is 2. The molecule has 112 valence electrons. The highest BCUT2D eigenvalue weighted by Crippen LogP contribution is 2.20. The van der Waals surface area contributed by atoms with Gasteiger partial charge in [0.05, 0.1) is 18.2 Å². The van der Waals surface area contributed by atoms with Crippen molar-refractivity contribution in [3.8, 4) is 5.75 Å². The number of aliphatic hydroxyl groups excluding tert-OH is 1. The molecule has 0 saturated heterocycles. The number of hydrogen-bond acceptors (Lipinski definition) is 3. The molecule has 21 heavy (non-hydrogen) atoms. The Bertz CT molecular complexity index is 607. The zero-order valence-corrected chi connectivity index (χ0v) is 12.4. The lowest BCUT2D eigenvalue weighted by Gasteiger charge is -2.13. The normalized spacial score (nSPS) is 12.2. The van der Waals surface area contributed by atoms with Crippen molar-refractivity contribution in [3.05, 3.63) is 64.4 Å². The molecule has 0 aliphatic heterocycles. The zero-order valence-electron chi connectivity index (χ0n) is 11.6. The van der Waals surface area contributed by atoms with Gasteiger partial charge in [0.1, 0.15) is 11.6 Å². The van der Waals surface area contributed by atoms with E-state index in [9.17, 15) is 9.50 Å². The molecule has 0 spiro atoms. The SMILES string of the molecule is COc1cccc(CNCC(O)c2ccc(Cl)c(F)c2)c1. The van der Waals surface area contributed by atoms with E-state index in [0.29, 0.717) is 18.7 Å². The lowest BCUT2D eigenvalue weighted by molar-refractivity contribution is 0.174. The maximum atomic E-state index is 13.3. The molecule has 0 fully saturated rings. The second-order valence-electron chi connectivity index (χ2n) is 4.67. The van der Waals surface area contributed by atoms with Crippen LogP contribution in [0.15, 0.2) is 42.5 Å². The Balaban J connectivity index is 1.88. The minimum atomic E-state index is -0.789. The number of methoxy groups -OCH3 is 1. The van der Waals surface area contributed by atoms with Crippen molar-refractivity contribution >= 4 is 11.6 Å². The highest BCUT2D eigenvalue weighted by Gasteiger charge is 2.10. The first-order chi connectivity index (χ1) is 10.1. The van der Waals surface area contributed by atoms with Crippen LogP contribution in [0.3, 0.4) is 0 Å². The van der Waals surface area contributed by atoms with Gasteiger partial charge in [-0.15, -0.1) is 0 Å². The molecule has 0 aliphatic rings. The van der Waals surface area contributed by atoms with Gasteiger partial charge >= 0.3 is 0 Å². The van der Waals surface area contributed by atoms with Crippen LogP contribution < -0.4 is 10.1 Å². The van der Waals surface area contributed by atoms with Crippen LogP contribution in [-0.4, -0.2) is 18.8 Å². The Hall–Kier alpha value is -1.62. The number of ether oxygens (including phenoxy) is 1. The molecule has 0 aliphatic carbocycles. The average molecular weight is 310 g/mol. The average Bonchev–Trinajstić information content (AvgIpc) is 2.50. The first-order valence-electron chi connectivity index (χ1n) is 6.57. The van der Waals surface area contributed by atoms with Crippen molar-refractivity contribution in [1.82, 2.24) is 5.32 Å². The fraction of sp³-hybridized carbons (Fsp3) is 0.250. The molecule has 0 aromatic heterocycles. The summed E-state index contributed by atoms with van der Waals surface area (Å²) in [6.07, 6.45) is -0.789. The molecule has 0 amide bonds. The van der Waals surface area contributed by atoms with Gasteiger partial charge in [0.15, 0.2) is 0 Å². The van der Waals surface area contributed by atoms with Crippen molar-refractivity contribution in [2.24, 2.45) is 0 Å². The Kier molecular flexibility index (Phi) is 5.56. The molecule has 2 N–H and O–H groups in total. The van der Waals surface area contributed by atoms with E-state index in [2.05, 4.69) is 5.32 Å². The van der Waals surface area contributed by atoms with Gasteiger partial charge in [0.25, 0.3) is 0 Å². The molecular weight excluding hydrogens is 293 g/mol. The minimum absolute atomic E-state index is 0.0512. The number of benzene rings is 2. The molecule has 5 heteroatoms. The van der Waals surface area contributed by atoms with Crippen LogP contribution in [0.25, 0.3) is 0 Å². The van der Waals surface area contributed by atoms with Crippen LogP contribution in [0.5, 0.6) is 5.75 Å². The van der Waals surface area contributed by atoms with Crippen LogP contribution in [-0.2, 0) is 6.54 Å². The molecule has 1 atom stereocenters. The summed E-state index contributed by atoms with van der Waals surface area (Å²) in [6.45, 7) is 0.905. The monoisotopic (exact) mass is 309 g/mol. The third-order valence-corrected chi connectivity index (χ3v) is 3.44. The van der Waals surface area contributed by atoms with E-state index >= 15 is 0 Å². The van der Waals surface area contributed by atoms with E-state index in [0.717, 1.165) is 11.3 Å². The van der Waals surface area contributed by atoms with Gasteiger partial charge in [-0.3, -0.25) is 0 Å².